The van der Waals surface area contributed by atoms with Gasteiger partial charge < -0.3 is 0 Å². The minimum absolute atomic E-state index is 0.210. The molecule has 0 fully saturated rings. The number of rotatable bonds is 4. The average molecular weight is 697 g/mol. The van der Waals surface area contributed by atoms with E-state index in [9.17, 15) is 0 Å². The molecule has 0 N–H and O–H groups in total. The molecule has 2 aromatic heterocycles. The maximum atomic E-state index is 4.90. The van der Waals surface area contributed by atoms with Gasteiger partial charge in [0.25, 0.3) is 0 Å². The molecule has 4 aromatic carbocycles. The number of hydrogen-bond donors (Lipinski definition) is 0. The summed E-state index contributed by atoms with van der Waals surface area (Å²) in [5.74, 6) is 0.362. The fourth-order valence-corrected chi connectivity index (χ4v) is 10.5. The summed E-state index contributed by atoms with van der Waals surface area (Å²) in [6, 6.07) is 45.5. The summed E-state index contributed by atoms with van der Waals surface area (Å²) in [7, 11) is -1.67. The van der Waals surface area contributed by atoms with Crippen LogP contribution in [0.15, 0.2) is 140 Å². The molecular formula is C49H52N2Si+2. The number of aryl methyl sites for hydroxylation is 1. The third-order valence-corrected chi connectivity index (χ3v) is 13.3. The molecule has 3 heteroatoms. The first-order chi connectivity index (χ1) is 24.9. The van der Waals surface area contributed by atoms with Gasteiger partial charge in [-0.1, -0.05) is 131 Å². The van der Waals surface area contributed by atoms with Crippen molar-refractivity contribution >= 4 is 19.0 Å². The van der Waals surface area contributed by atoms with E-state index in [1.165, 1.54) is 61.5 Å². The number of nitrogens with zero attached hydrogens (tertiary/aromatic N) is 2. The molecule has 52 heavy (non-hydrogen) atoms. The third-order valence-electron chi connectivity index (χ3n) is 11.3. The highest BCUT2D eigenvalue weighted by atomic mass is 28.3. The smallest absolute Gasteiger partial charge is 0.194 e. The monoisotopic (exact) mass is 696 g/mol. The molecule has 4 heterocycles. The van der Waals surface area contributed by atoms with Crippen molar-refractivity contribution in [2.24, 2.45) is 5.41 Å². The lowest BCUT2D eigenvalue weighted by molar-refractivity contribution is -0.719. The van der Waals surface area contributed by atoms with Crippen LogP contribution in [0.2, 0.25) is 19.6 Å². The summed E-state index contributed by atoms with van der Waals surface area (Å²) in [5.41, 5.74) is 15.9. The van der Waals surface area contributed by atoms with E-state index in [2.05, 4.69) is 183 Å². The molecule has 0 radical (unpaired) electrons. The maximum Gasteiger partial charge on any atom is 0.219 e. The van der Waals surface area contributed by atoms with Crippen LogP contribution in [0.1, 0.15) is 62.3 Å². The molecule has 2 unspecified atom stereocenters. The minimum Gasteiger partial charge on any atom is -0.194 e. The average Bonchev–Trinajstić information content (AvgIpc) is 3.13. The second-order valence-electron chi connectivity index (χ2n) is 17.3. The van der Waals surface area contributed by atoms with Crippen LogP contribution in [0.5, 0.6) is 0 Å². The number of hydrogen-bond acceptors (Lipinski definition) is 0. The molecule has 2 atom stereocenters. The van der Waals surface area contributed by atoms with Crippen LogP contribution in [-0.4, -0.2) is 8.07 Å². The number of allylic oxidation sites excluding steroid dienone is 1. The standard InChI is InChI=1S/C49H52N2Si/c1-34-28-45-43(41-20-14-15-21-42(41)46-31-40(32-49(2,3)4)48(33-51(45)46)52(5,6)7)25-24-37-22-23-38(35-16-10-8-11-17-35)29-44(37)47-30-39(26-27-50(34)47)36-18-12-9-13-19-36/h8-23,26-27,29-31,33,43,45H,1,24-25,28,32H2,2-7H3/q+2. The van der Waals surface area contributed by atoms with E-state index in [1.54, 1.807) is 5.19 Å². The van der Waals surface area contributed by atoms with E-state index in [0.717, 1.165) is 31.4 Å². The summed E-state index contributed by atoms with van der Waals surface area (Å²) in [6.45, 7) is 19.6. The molecule has 260 valence electrons. The summed E-state index contributed by atoms with van der Waals surface area (Å²) in [5, 5.41) is 1.59. The highest BCUT2D eigenvalue weighted by molar-refractivity contribution is 6.89. The van der Waals surface area contributed by atoms with Gasteiger partial charge in [0.05, 0.1) is 20.1 Å². The van der Waals surface area contributed by atoms with Crippen LogP contribution in [0.25, 0.3) is 50.5 Å². The van der Waals surface area contributed by atoms with Crippen molar-refractivity contribution < 1.29 is 9.13 Å². The summed E-state index contributed by atoms with van der Waals surface area (Å²) < 4.78 is 5.09. The first kappa shape index (κ1) is 34.2. The maximum absolute atomic E-state index is 4.90. The van der Waals surface area contributed by atoms with Gasteiger partial charge in [-0.2, -0.15) is 9.13 Å². The minimum atomic E-state index is -1.67. The molecule has 0 bridgehead atoms. The second kappa shape index (κ2) is 13.3. The van der Waals surface area contributed by atoms with Gasteiger partial charge in [0.1, 0.15) is 0 Å². The SMILES string of the molecule is C=C1CC2C(CCc3ccc(-c4ccccc4)cc3-c3cc(-c4ccccc4)cc[n+]31)c1ccccc1-c1cc(CC(C)(C)C)c([Si](C)(C)C)c[n+]12. The molecule has 0 spiro atoms. The van der Waals surface area contributed by atoms with E-state index in [0.29, 0.717) is 5.92 Å². The number of pyridine rings is 2. The van der Waals surface area contributed by atoms with E-state index in [1.807, 2.05) is 0 Å². The Morgan fingerprint density at radius 1 is 0.692 bits per heavy atom. The van der Waals surface area contributed by atoms with Gasteiger partial charge >= 0.3 is 0 Å². The summed E-state index contributed by atoms with van der Waals surface area (Å²) in [6.07, 6.45) is 8.90. The topological polar surface area (TPSA) is 7.76 Å². The molecule has 0 aliphatic carbocycles. The fourth-order valence-electron chi connectivity index (χ4n) is 8.82. The molecule has 2 aliphatic rings. The van der Waals surface area contributed by atoms with Crippen LogP contribution in [0, 0.1) is 5.41 Å². The van der Waals surface area contributed by atoms with Crippen molar-refractivity contribution in [3.05, 3.63) is 157 Å². The largest absolute Gasteiger partial charge is 0.219 e. The van der Waals surface area contributed by atoms with Gasteiger partial charge in [-0.05, 0) is 82.3 Å². The van der Waals surface area contributed by atoms with Crippen LogP contribution in [0.4, 0.5) is 0 Å². The molecule has 2 nitrogen and oxygen atoms in total. The Morgan fingerprint density at radius 3 is 2.02 bits per heavy atom. The third kappa shape index (κ3) is 6.52. The number of benzene rings is 4. The highest BCUT2D eigenvalue weighted by Gasteiger charge is 2.44. The zero-order chi connectivity index (χ0) is 36.2. The van der Waals surface area contributed by atoms with E-state index in [-0.39, 0.29) is 11.5 Å². The Balaban J connectivity index is 1.33. The molecular weight excluding hydrogens is 645 g/mol. The van der Waals surface area contributed by atoms with Gasteiger partial charge in [-0.25, -0.2) is 0 Å². The lowest BCUT2D eigenvalue weighted by atomic mass is 9.77. The predicted molar refractivity (Wildman–Crippen MR) is 221 cm³/mol. The van der Waals surface area contributed by atoms with Crippen LogP contribution >= 0.6 is 0 Å². The second-order valence-corrected chi connectivity index (χ2v) is 22.4. The first-order valence-corrected chi connectivity index (χ1v) is 22.6. The van der Waals surface area contributed by atoms with Crippen molar-refractivity contribution in [3.63, 3.8) is 0 Å². The molecule has 2 aliphatic heterocycles. The number of aromatic nitrogens is 2. The zero-order valence-electron chi connectivity index (χ0n) is 31.8. The van der Waals surface area contributed by atoms with E-state index >= 15 is 0 Å². The summed E-state index contributed by atoms with van der Waals surface area (Å²) >= 11 is 0. The molecule has 8 rings (SSSR count). The van der Waals surface area contributed by atoms with Crippen molar-refractivity contribution in [2.45, 2.75) is 78.1 Å². The van der Waals surface area contributed by atoms with Crippen LogP contribution in [-0.2, 0) is 12.8 Å². The Kier molecular flexibility index (Phi) is 8.74. The lowest BCUT2D eigenvalue weighted by Gasteiger charge is -2.33. The van der Waals surface area contributed by atoms with Crippen LogP contribution in [0.3, 0.4) is 0 Å². The van der Waals surface area contributed by atoms with Crippen molar-refractivity contribution in [1.82, 2.24) is 0 Å². The zero-order valence-corrected chi connectivity index (χ0v) is 32.8. The van der Waals surface area contributed by atoms with E-state index < -0.39 is 8.07 Å². The van der Waals surface area contributed by atoms with Crippen molar-refractivity contribution in [1.29, 1.82) is 0 Å². The van der Waals surface area contributed by atoms with Gasteiger partial charge in [0.2, 0.25) is 11.4 Å². The first-order valence-electron chi connectivity index (χ1n) is 19.1. The van der Waals surface area contributed by atoms with Gasteiger partial charge in [0.15, 0.2) is 24.1 Å². The van der Waals surface area contributed by atoms with Gasteiger partial charge in [0, 0.05) is 34.9 Å². The fraction of sp³-hybridized carbons (Fsp3) is 0.265. The molecule has 6 aromatic rings. The van der Waals surface area contributed by atoms with Gasteiger partial charge in [-0.3, -0.25) is 0 Å². The van der Waals surface area contributed by atoms with Gasteiger partial charge in [-0.15, -0.1) is 0 Å². The van der Waals surface area contributed by atoms with Crippen molar-refractivity contribution in [2.75, 3.05) is 0 Å². The summed E-state index contributed by atoms with van der Waals surface area (Å²) in [4.78, 5) is 0. The van der Waals surface area contributed by atoms with Crippen LogP contribution < -0.4 is 14.3 Å². The quantitative estimate of drug-likeness (QED) is 0.128. The lowest BCUT2D eigenvalue weighted by Crippen LogP contribution is -2.54. The van der Waals surface area contributed by atoms with Crippen molar-refractivity contribution in [3.8, 4) is 44.8 Å². The Hall–Kier alpha value is -4.86. The molecule has 0 saturated carbocycles. The Labute approximate surface area is 312 Å². The normalized spacial score (nSPS) is 16.9. The number of fused-ring (bicyclic) bond motifs is 9. The Bertz CT molecular complexity index is 2290. The molecule has 0 amide bonds. The highest BCUT2D eigenvalue weighted by Crippen LogP contribution is 2.45. The Morgan fingerprint density at radius 2 is 1.35 bits per heavy atom. The molecule has 0 saturated heterocycles. The van der Waals surface area contributed by atoms with E-state index in [4.69, 9.17) is 6.58 Å². The predicted octanol–water partition coefficient (Wildman–Crippen LogP) is 11.2.